The molecular formula is C23H39IN4O. The van der Waals surface area contributed by atoms with E-state index in [2.05, 4.69) is 61.4 Å². The molecule has 1 aliphatic heterocycles. The summed E-state index contributed by atoms with van der Waals surface area (Å²) < 4.78 is 6.13. The molecule has 0 bridgehead atoms. The van der Waals surface area contributed by atoms with E-state index in [4.69, 9.17) is 9.73 Å². The summed E-state index contributed by atoms with van der Waals surface area (Å²) in [4.78, 5) is 7.50. The summed E-state index contributed by atoms with van der Waals surface area (Å²) in [6.45, 7) is 13.5. The van der Waals surface area contributed by atoms with Crippen molar-refractivity contribution in [3.05, 3.63) is 29.3 Å². The number of aliphatic imine (C=N–C) groups is 1. The summed E-state index contributed by atoms with van der Waals surface area (Å²) in [5.74, 6) is 2.60. The second-order valence-corrected chi connectivity index (χ2v) is 8.40. The van der Waals surface area contributed by atoms with Crippen molar-refractivity contribution in [3.63, 3.8) is 0 Å². The zero-order chi connectivity index (χ0) is 19.9. The van der Waals surface area contributed by atoms with Crippen LogP contribution in [-0.4, -0.2) is 49.2 Å². The number of nitrogens with one attached hydrogen (secondary N) is 2. The van der Waals surface area contributed by atoms with Gasteiger partial charge in [0.05, 0.1) is 12.6 Å². The summed E-state index contributed by atoms with van der Waals surface area (Å²) >= 11 is 0. The van der Waals surface area contributed by atoms with E-state index in [0.29, 0.717) is 6.54 Å². The van der Waals surface area contributed by atoms with Crippen molar-refractivity contribution in [1.82, 2.24) is 15.5 Å². The molecule has 1 saturated carbocycles. The van der Waals surface area contributed by atoms with E-state index < -0.39 is 0 Å². The highest BCUT2D eigenvalue weighted by Crippen LogP contribution is 2.31. The lowest BCUT2D eigenvalue weighted by Gasteiger charge is -2.18. The molecule has 0 radical (unpaired) electrons. The van der Waals surface area contributed by atoms with Crippen molar-refractivity contribution < 1.29 is 4.74 Å². The molecule has 0 spiro atoms. The van der Waals surface area contributed by atoms with E-state index in [9.17, 15) is 0 Å². The van der Waals surface area contributed by atoms with E-state index in [1.165, 1.54) is 37.9 Å². The summed E-state index contributed by atoms with van der Waals surface area (Å²) in [5.41, 5.74) is 2.36. The Morgan fingerprint density at radius 3 is 2.72 bits per heavy atom. The third-order valence-corrected chi connectivity index (χ3v) is 5.82. The van der Waals surface area contributed by atoms with Crippen LogP contribution in [-0.2, 0) is 6.54 Å². The summed E-state index contributed by atoms with van der Waals surface area (Å²) in [5, 5.41) is 6.96. The molecule has 2 fully saturated rings. The minimum Gasteiger partial charge on any atom is -0.490 e. The van der Waals surface area contributed by atoms with Gasteiger partial charge < -0.3 is 20.3 Å². The molecule has 29 heavy (non-hydrogen) atoms. The molecule has 2 aliphatic rings. The van der Waals surface area contributed by atoms with E-state index in [-0.39, 0.29) is 30.1 Å². The topological polar surface area (TPSA) is 48.9 Å². The van der Waals surface area contributed by atoms with Crippen molar-refractivity contribution in [2.45, 2.75) is 72.1 Å². The third kappa shape index (κ3) is 7.63. The number of aryl methyl sites for hydroxylation is 1. The normalized spacial score (nSPS) is 20.8. The number of likely N-dealkylation sites (tertiary alicyclic amines) is 1. The molecule has 6 heteroatoms. The van der Waals surface area contributed by atoms with Gasteiger partial charge in [-0.1, -0.05) is 19.1 Å². The van der Waals surface area contributed by atoms with Crippen LogP contribution >= 0.6 is 24.0 Å². The Balaban J connectivity index is 0.00000300. The summed E-state index contributed by atoms with van der Waals surface area (Å²) in [7, 11) is 0. The maximum Gasteiger partial charge on any atom is 0.191 e. The Kier molecular flexibility index (Phi) is 10.0. The number of ether oxygens (including phenoxy) is 1. The van der Waals surface area contributed by atoms with Gasteiger partial charge in [-0.15, -0.1) is 24.0 Å². The fraction of sp³-hybridized carbons (Fsp3) is 0.696. The van der Waals surface area contributed by atoms with Crippen LogP contribution < -0.4 is 15.4 Å². The average molecular weight is 514 g/mol. The maximum atomic E-state index is 6.13. The SMILES string of the molecule is CCNC(=NCc1ccc(C)cc1OC(C)CC)NCC1CCN(C2CC2)C1.I. The number of halogens is 1. The van der Waals surface area contributed by atoms with Gasteiger partial charge in [0.1, 0.15) is 5.75 Å². The zero-order valence-corrected chi connectivity index (χ0v) is 20.9. The van der Waals surface area contributed by atoms with E-state index in [1.54, 1.807) is 0 Å². The lowest BCUT2D eigenvalue weighted by molar-refractivity contribution is 0.215. The maximum absolute atomic E-state index is 6.13. The standard InChI is InChI=1S/C23H38N4O.HI/c1-5-18(4)28-22-13-17(3)7-8-20(22)15-26-23(24-6-2)25-14-19-11-12-27(16-19)21-9-10-21;/h7-8,13,18-19,21H,5-6,9-12,14-16H2,1-4H3,(H2,24,25,26);1H. The Morgan fingerprint density at radius 2 is 2.03 bits per heavy atom. The minimum atomic E-state index is 0. The van der Waals surface area contributed by atoms with Gasteiger partial charge in [0.25, 0.3) is 0 Å². The number of nitrogens with zero attached hydrogens (tertiary/aromatic N) is 2. The summed E-state index contributed by atoms with van der Waals surface area (Å²) in [6, 6.07) is 7.30. The van der Waals surface area contributed by atoms with Crippen LogP contribution in [0.5, 0.6) is 5.75 Å². The number of hydrogen-bond donors (Lipinski definition) is 2. The van der Waals surface area contributed by atoms with Crippen LogP contribution in [0.3, 0.4) is 0 Å². The lowest BCUT2D eigenvalue weighted by Crippen LogP contribution is -2.40. The molecule has 0 amide bonds. The molecule has 1 aliphatic carbocycles. The van der Waals surface area contributed by atoms with Crippen LogP contribution in [0, 0.1) is 12.8 Å². The molecule has 1 saturated heterocycles. The first-order valence-electron chi connectivity index (χ1n) is 11.1. The van der Waals surface area contributed by atoms with Crippen molar-refractivity contribution in [1.29, 1.82) is 0 Å². The van der Waals surface area contributed by atoms with E-state index in [1.807, 2.05) is 0 Å². The molecule has 2 N–H and O–H groups in total. The second kappa shape index (κ2) is 12.0. The minimum absolute atomic E-state index is 0. The van der Waals surface area contributed by atoms with Gasteiger partial charge in [-0.25, -0.2) is 4.99 Å². The fourth-order valence-electron chi connectivity index (χ4n) is 3.75. The molecule has 1 aromatic rings. The van der Waals surface area contributed by atoms with Crippen LogP contribution in [0.2, 0.25) is 0 Å². The van der Waals surface area contributed by atoms with Gasteiger partial charge >= 0.3 is 0 Å². The van der Waals surface area contributed by atoms with Crippen molar-refractivity contribution in [2.24, 2.45) is 10.9 Å². The monoisotopic (exact) mass is 514 g/mol. The van der Waals surface area contributed by atoms with Gasteiger partial charge in [-0.3, -0.25) is 0 Å². The lowest BCUT2D eigenvalue weighted by atomic mass is 10.1. The first-order chi connectivity index (χ1) is 13.6. The van der Waals surface area contributed by atoms with E-state index >= 15 is 0 Å². The first kappa shape index (κ1) is 24.3. The molecular weight excluding hydrogens is 475 g/mol. The predicted octanol–water partition coefficient (Wildman–Crippen LogP) is 4.33. The second-order valence-electron chi connectivity index (χ2n) is 8.40. The Bertz CT molecular complexity index is 662. The molecule has 0 aromatic heterocycles. The van der Waals surface area contributed by atoms with Crippen molar-refractivity contribution in [3.8, 4) is 5.75 Å². The largest absolute Gasteiger partial charge is 0.490 e. The predicted molar refractivity (Wildman–Crippen MR) is 132 cm³/mol. The van der Waals surface area contributed by atoms with Crippen LogP contribution in [0.1, 0.15) is 57.6 Å². The quantitative estimate of drug-likeness (QED) is 0.293. The number of hydrogen-bond acceptors (Lipinski definition) is 3. The molecule has 1 aromatic carbocycles. The molecule has 3 rings (SSSR count). The smallest absolute Gasteiger partial charge is 0.191 e. The molecule has 5 nitrogen and oxygen atoms in total. The van der Waals surface area contributed by atoms with Gasteiger partial charge in [0.2, 0.25) is 0 Å². The highest BCUT2D eigenvalue weighted by molar-refractivity contribution is 14.0. The number of guanidine groups is 1. The van der Waals surface area contributed by atoms with Gasteiger partial charge in [0, 0.05) is 31.2 Å². The highest BCUT2D eigenvalue weighted by atomic mass is 127. The fourth-order valence-corrected chi connectivity index (χ4v) is 3.75. The van der Waals surface area contributed by atoms with Gasteiger partial charge in [0.15, 0.2) is 5.96 Å². The molecule has 1 heterocycles. The van der Waals surface area contributed by atoms with Crippen LogP contribution in [0.4, 0.5) is 0 Å². The average Bonchev–Trinajstić information content (AvgIpc) is 3.43. The van der Waals surface area contributed by atoms with Gasteiger partial charge in [-0.05, 0) is 70.5 Å². The zero-order valence-electron chi connectivity index (χ0n) is 18.5. The Hall–Kier alpha value is -1.02. The van der Waals surface area contributed by atoms with Crippen molar-refractivity contribution >= 4 is 29.9 Å². The molecule has 164 valence electrons. The third-order valence-electron chi connectivity index (χ3n) is 5.82. The number of benzene rings is 1. The Labute approximate surface area is 194 Å². The Morgan fingerprint density at radius 1 is 1.24 bits per heavy atom. The van der Waals surface area contributed by atoms with E-state index in [0.717, 1.165) is 48.7 Å². The van der Waals surface area contributed by atoms with Crippen LogP contribution in [0.15, 0.2) is 23.2 Å². The van der Waals surface area contributed by atoms with Gasteiger partial charge in [-0.2, -0.15) is 0 Å². The molecule has 2 unspecified atom stereocenters. The first-order valence-corrected chi connectivity index (χ1v) is 11.1. The highest BCUT2D eigenvalue weighted by Gasteiger charge is 2.34. The summed E-state index contributed by atoms with van der Waals surface area (Å²) in [6.07, 6.45) is 5.32. The van der Waals surface area contributed by atoms with Crippen molar-refractivity contribution in [2.75, 3.05) is 26.2 Å². The van der Waals surface area contributed by atoms with Crippen LogP contribution in [0.25, 0.3) is 0 Å². The molecule has 2 atom stereocenters. The number of rotatable bonds is 9.